The normalized spacial score (nSPS) is 0. The van der Waals surface area contributed by atoms with Crippen molar-refractivity contribution in [1.82, 2.24) is 0 Å². The standard InChI is InChI=1S/Ba.Fe.Si.Sr. The van der Waals surface area contributed by atoms with E-state index in [1.165, 1.54) is 0 Å². The molecule has 0 rings (SSSR count). The molecule has 0 amide bonds. The van der Waals surface area contributed by atoms with Crippen molar-refractivity contribution in [3.05, 3.63) is 0 Å². The molecule has 0 heterocycles. The fourth-order valence-corrected chi connectivity index (χ4v) is 0. The first-order valence-corrected chi connectivity index (χ1v) is 0. The van der Waals surface area contributed by atoms with Gasteiger partial charge in [-0.25, -0.2) is 0 Å². The Morgan fingerprint density at radius 2 is 1.00 bits per heavy atom. The predicted molar refractivity (Wildman–Crippen MR) is 17.3 cm³/mol. The van der Waals surface area contributed by atoms with Gasteiger partial charge >= 0.3 is 0 Å². The van der Waals surface area contributed by atoms with Gasteiger partial charge in [0.1, 0.15) is 0 Å². The summed E-state index contributed by atoms with van der Waals surface area (Å²) in [5, 5.41) is 0. The summed E-state index contributed by atoms with van der Waals surface area (Å²) in [6, 6.07) is 0. The van der Waals surface area contributed by atoms with E-state index < -0.39 is 0 Å². The van der Waals surface area contributed by atoms with E-state index >= 15 is 0 Å². The molecular formula is BaFeSiSr. The van der Waals surface area contributed by atoms with Crippen LogP contribution in [-0.2, 0) is 17.1 Å². The molecule has 0 unspecified atom stereocenters. The van der Waals surface area contributed by atoms with Crippen molar-refractivity contribution in [2.24, 2.45) is 0 Å². The van der Waals surface area contributed by atoms with Crippen molar-refractivity contribution in [3.8, 4) is 0 Å². The van der Waals surface area contributed by atoms with Crippen LogP contribution in [0.2, 0.25) is 0 Å². The van der Waals surface area contributed by atoms with Crippen LogP contribution in [0.3, 0.4) is 0 Å². The molecule has 0 N–H and O–H groups in total. The second kappa shape index (κ2) is 15.8. The molecule has 0 atom stereocenters. The minimum atomic E-state index is 0. The summed E-state index contributed by atoms with van der Waals surface area (Å²) in [6.07, 6.45) is 0. The molecule has 0 aliphatic heterocycles. The van der Waals surface area contributed by atoms with E-state index in [0.29, 0.717) is 0 Å². The molecule has 0 fully saturated rings. The topological polar surface area (TPSA) is 0 Å². The Hall–Kier alpha value is 3.79. The van der Waals surface area contributed by atoms with Crippen molar-refractivity contribution in [2.75, 3.05) is 0 Å². The fourth-order valence-electron chi connectivity index (χ4n) is 0. The average Bonchev–Trinajstić information content (AvgIpc) is 0. The molecule has 4 heavy (non-hydrogen) atoms. The van der Waals surface area contributed by atoms with Crippen molar-refractivity contribution >= 4 is 105 Å². The quantitative estimate of drug-likeness (QED) is 0.496. The molecule has 0 saturated carbocycles. The summed E-state index contributed by atoms with van der Waals surface area (Å²) >= 11 is 0. The second-order valence-corrected chi connectivity index (χ2v) is 0. The van der Waals surface area contributed by atoms with Crippen molar-refractivity contribution in [3.63, 3.8) is 0 Å². The van der Waals surface area contributed by atoms with Gasteiger partial charge in [-0.05, 0) is 0 Å². The van der Waals surface area contributed by atoms with Gasteiger partial charge in [0.2, 0.25) is 0 Å². The van der Waals surface area contributed by atoms with Crippen LogP contribution < -0.4 is 0 Å². The van der Waals surface area contributed by atoms with Gasteiger partial charge in [0.05, 0.1) is 0 Å². The maximum absolute atomic E-state index is 0. The summed E-state index contributed by atoms with van der Waals surface area (Å²) in [4.78, 5) is 0. The van der Waals surface area contributed by atoms with E-state index in [2.05, 4.69) is 0 Å². The SMILES string of the molecule is [Ba].[Fe].[Si].[Sr]. The zero-order valence-electron chi connectivity index (χ0n) is 2.27. The van der Waals surface area contributed by atoms with E-state index in [1.807, 2.05) is 0 Å². The van der Waals surface area contributed by atoms with Crippen LogP contribution >= 0.6 is 0 Å². The third-order valence-corrected chi connectivity index (χ3v) is 0. The summed E-state index contributed by atoms with van der Waals surface area (Å²) in [5.74, 6) is 0. The largest absolute Gasteiger partial charge is 0 e. The van der Waals surface area contributed by atoms with Crippen LogP contribution in [0.4, 0.5) is 0 Å². The molecule has 0 bridgehead atoms. The Balaban J connectivity index is 0. The van der Waals surface area contributed by atoms with Gasteiger partial charge in [-0.15, -0.1) is 0 Å². The van der Waals surface area contributed by atoms with Gasteiger partial charge in [0.25, 0.3) is 0 Å². The van der Waals surface area contributed by atoms with Gasteiger partial charge in [-0.1, -0.05) is 0 Å². The Morgan fingerprint density at radius 1 is 1.00 bits per heavy atom. The Kier molecular flexibility index (Phi) is 99.1. The summed E-state index contributed by atoms with van der Waals surface area (Å²) < 4.78 is 0. The van der Waals surface area contributed by atoms with Crippen molar-refractivity contribution in [2.45, 2.75) is 0 Å². The van der Waals surface area contributed by atoms with Crippen molar-refractivity contribution < 1.29 is 17.1 Å². The maximum Gasteiger partial charge on any atom is 0 e. The molecule has 0 spiro atoms. The van der Waals surface area contributed by atoms with Gasteiger partial charge in [-0.2, -0.15) is 0 Å². The first kappa shape index (κ1) is 25.0. The van der Waals surface area contributed by atoms with Gasteiger partial charge in [0.15, 0.2) is 0 Å². The molecule has 16 valence electrons. The van der Waals surface area contributed by atoms with E-state index in [1.54, 1.807) is 0 Å². The van der Waals surface area contributed by atoms with Crippen LogP contribution in [-0.4, -0.2) is 105 Å². The Bertz CT molecular complexity index is 8.00. The third kappa shape index (κ3) is 9.25. The van der Waals surface area contributed by atoms with Gasteiger partial charge in [-0.3, -0.25) is 0 Å². The molecule has 0 aromatic rings. The average molecular weight is 309 g/mol. The Morgan fingerprint density at radius 3 is 1.00 bits per heavy atom. The van der Waals surface area contributed by atoms with Crippen LogP contribution in [0.25, 0.3) is 0 Å². The molecule has 0 saturated heterocycles. The predicted octanol–water partition coefficient (Wildman–Crippen LogP) is -1.14. The van der Waals surface area contributed by atoms with Crippen molar-refractivity contribution in [1.29, 1.82) is 0 Å². The van der Waals surface area contributed by atoms with E-state index in [-0.39, 0.29) is 122 Å². The molecule has 0 aromatic carbocycles. The second-order valence-electron chi connectivity index (χ2n) is 0. The maximum atomic E-state index is 0. The van der Waals surface area contributed by atoms with Crippen LogP contribution in [0.15, 0.2) is 0 Å². The van der Waals surface area contributed by atoms with Gasteiger partial charge in [0, 0.05) is 122 Å². The van der Waals surface area contributed by atoms with Crippen LogP contribution in [0.1, 0.15) is 0 Å². The minimum absolute atomic E-state index is 0. The fraction of sp³-hybridized carbons (Fsp3) is 0. The molecular weight excluding hydrogens is 309 g/mol. The van der Waals surface area contributed by atoms with Crippen LogP contribution in [0.5, 0.6) is 0 Å². The first-order valence-electron chi connectivity index (χ1n) is 0. The Labute approximate surface area is 119 Å². The van der Waals surface area contributed by atoms with E-state index in [0.717, 1.165) is 0 Å². The molecule has 8 radical (unpaired) electrons. The zero-order chi connectivity index (χ0) is 0. The van der Waals surface area contributed by atoms with E-state index in [4.69, 9.17) is 0 Å². The minimum Gasteiger partial charge on any atom is 0 e. The summed E-state index contributed by atoms with van der Waals surface area (Å²) in [5.41, 5.74) is 0. The smallest absolute Gasteiger partial charge is 0 e. The summed E-state index contributed by atoms with van der Waals surface area (Å²) in [7, 11) is 0. The van der Waals surface area contributed by atoms with Gasteiger partial charge < -0.3 is 0 Å². The summed E-state index contributed by atoms with van der Waals surface area (Å²) in [6.45, 7) is 0. The molecule has 4 heteroatoms. The molecule has 0 nitrogen and oxygen atoms in total. The van der Waals surface area contributed by atoms with E-state index in [9.17, 15) is 0 Å². The number of hydrogen-bond donors (Lipinski definition) is 0. The van der Waals surface area contributed by atoms with Crippen LogP contribution in [0, 0.1) is 0 Å². The molecule has 0 aliphatic rings. The number of rotatable bonds is 0. The first-order chi connectivity index (χ1) is 0. The molecule has 0 aromatic heterocycles. The third-order valence-electron chi connectivity index (χ3n) is 0. The molecule has 0 aliphatic carbocycles. The monoisotopic (exact) mass is 310 g/mol. The number of hydrogen-bond acceptors (Lipinski definition) is 0. The zero-order valence-corrected chi connectivity index (χ0v) is 12.3.